The number of aliphatic hydroxyl groups excluding tert-OH is 1. The summed E-state index contributed by atoms with van der Waals surface area (Å²) >= 11 is 5.94. The number of nitriles is 1. The van der Waals surface area contributed by atoms with E-state index in [-0.39, 0.29) is 6.10 Å². The molecule has 1 aromatic carbocycles. The molecular formula is C30H40ClN5O3. The molecule has 0 unspecified atom stereocenters. The summed E-state index contributed by atoms with van der Waals surface area (Å²) in [6.45, 7) is 5.21. The maximum absolute atomic E-state index is 11.1. The molecule has 210 valence electrons. The van der Waals surface area contributed by atoms with Gasteiger partial charge >= 0.3 is 0 Å². The van der Waals surface area contributed by atoms with E-state index in [1.54, 1.807) is 24.4 Å². The number of amides is 1. The Labute approximate surface area is 236 Å². The van der Waals surface area contributed by atoms with Crippen molar-refractivity contribution in [2.24, 2.45) is 11.7 Å². The van der Waals surface area contributed by atoms with Crippen LogP contribution in [0.3, 0.4) is 0 Å². The molecule has 1 aliphatic carbocycles. The fourth-order valence-electron chi connectivity index (χ4n) is 5.57. The lowest BCUT2D eigenvalue weighted by Gasteiger charge is -2.37. The number of piperidine rings is 2. The number of likely N-dealkylation sites (tertiary alicyclic amines) is 1. The Kier molecular flexibility index (Phi) is 10.8. The number of hydrogen-bond donors (Lipinski definition) is 2. The zero-order valence-electron chi connectivity index (χ0n) is 22.6. The number of aromatic nitrogens is 1. The van der Waals surface area contributed by atoms with Gasteiger partial charge < -0.3 is 25.4 Å². The smallest absolute Gasteiger partial charge is 0.250 e. The van der Waals surface area contributed by atoms with Crippen LogP contribution in [-0.4, -0.2) is 65.8 Å². The van der Waals surface area contributed by atoms with Crippen LogP contribution in [0.2, 0.25) is 5.02 Å². The average Bonchev–Trinajstić information content (AvgIpc) is 2.96. The molecule has 1 aromatic heterocycles. The Morgan fingerprint density at radius 1 is 1.05 bits per heavy atom. The molecule has 3 fully saturated rings. The number of halogens is 1. The molecule has 1 amide bonds. The minimum absolute atomic E-state index is 0.0949. The highest BCUT2D eigenvalue weighted by atomic mass is 35.5. The summed E-state index contributed by atoms with van der Waals surface area (Å²) in [7, 11) is 0. The van der Waals surface area contributed by atoms with Crippen molar-refractivity contribution < 1.29 is 14.6 Å². The summed E-state index contributed by atoms with van der Waals surface area (Å²) in [5.41, 5.74) is 6.20. The number of nitrogens with zero attached hydrogens (tertiary/aromatic N) is 4. The van der Waals surface area contributed by atoms with Gasteiger partial charge in [0.15, 0.2) is 0 Å². The lowest BCUT2D eigenvalue weighted by atomic mass is 9.95. The van der Waals surface area contributed by atoms with Gasteiger partial charge in [-0.1, -0.05) is 18.0 Å². The van der Waals surface area contributed by atoms with E-state index in [1.807, 2.05) is 18.2 Å². The van der Waals surface area contributed by atoms with Crippen LogP contribution >= 0.6 is 11.6 Å². The van der Waals surface area contributed by atoms with E-state index in [1.165, 1.54) is 19.3 Å². The van der Waals surface area contributed by atoms with E-state index in [9.17, 15) is 9.90 Å². The maximum atomic E-state index is 11.1. The molecule has 0 radical (unpaired) electrons. The Morgan fingerprint density at radius 2 is 1.77 bits per heavy atom. The Bertz CT molecular complexity index is 1100. The monoisotopic (exact) mass is 553 g/mol. The quantitative estimate of drug-likeness (QED) is 0.529. The number of ether oxygens (including phenoxy) is 1. The van der Waals surface area contributed by atoms with Crippen LogP contribution in [0.15, 0.2) is 36.5 Å². The molecule has 3 heterocycles. The SMILES string of the molecule is N#Cc1ccc(OC2CCCCC2)cc1Cl.NC(=O)c1ccc(N2CCC(CN3CCC(O)CC3)CC2)nc1. The molecule has 0 atom stereocenters. The maximum Gasteiger partial charge on any atom is 0.250 e. The summed E-state index contributed by atoms with van der Waals surface area (Å²) < 4.78 is 5.84. The molecule has 3 N–H and O–H groups in total. The van der Waals surface area contributed by atoms with Crippen LogP contribution in [0.1, 0.15) is 73.7 Å². The standard InChI is InChI=1S/C17H26N4O2.C13H14ClNO/c18-17(23)14-1-2-16(19-11-14)21-9-3-13(4-10-21)12-20-7-5-15(22)6-8-20;14-13-8-12(7-6-10(13)9-15)16-11-4-2-1-3-5-11/h1-2,11,13,15,22H,3-10,12H2,(H2,18,23);6-8,11H,1-5H2. The highest BCUT2D eigenvalue weighted by molar-refractivity contribution is 6.31. The van der Waals surface area contributed by atoms with Crippen molar-refractivity contribution in [1.82, 2.24) is 9.88 Å². The average molecular weight is 554 g/mol. The van der Waals surface area contributed by atoms with E-state index < -0.39 is 5.91 Å². The fraction of sp³-hybridized carbons (Fsp3) is 0.567. The van der Waals surface area contributed by atoms with Crippen LogP contribution in [-0.2, 0) is 0 Å². The molecule has 9 heteroatoms. The number of carbonyl (C=O) groups excluding carboxylic acids is 1. The molecule has 2 aromatic rings. The first-order chi connectivity index (χ1) is 18.9. The van der Waals surface area contributed by atoms with Crippen molar-refractivity contribution in [3.05, 3.63) is 52.7 Å². The molecule has 0 bridgehead atoms. The minimum atomic E-state index is -0.436. The number of benzene rings is 1. The molecular weight excluding hydrogens is 514 g/mol. The first kappa shape index (κ1) is 29.1. The second-order valence-electron chi connectivity index (χ2n) is 10.9. The van der Waals surface area contributed by atoms with E-state index in [0.717, 1.165) is 88.7 Å². The van der Waals surface area contributed by atoms with Gasteiger partial charge in [0, 0.05) is 45.0 Å². The van der Waals surface area contributed by atoms with Gasteiger partial charge in [-0.05, 0) is 81.5 Å². The summed E-state index contributed by atoms with van der Waals surface area (Å²) in [5, 5.41) is 18.8. The number of nitrogens with two attached hydrogens (primary N) is 1. The Hall–Kier alpha value is -2.86. The second-order valence-corrected chi connectivity index (χ2v) is 11.3. The van der Waals surface area contributed by atoms with Gasteiger partial charge in [-0.15, -0.1) is 0 Å². The summed E-state index contributed by atoms with van der Waals surface area (Å²) in [6.07, 6.45) is 12.0. The molecule has 5 rings (SSSR count). The van der Waals surface area contributed by atoms with Crippen molar-refractivity contribution in [3.63, 3.8) is 0 Å². The van der Waals surface area contributed by atoms with Gasteiger partial charge in [-0.25, -0.2) is 4.98 Å². The van der Waals surface area contributed by atoms with E-state index in [0.29, 0.717) is 22.3 Å². The van der Waals surface area contributed by atoms with Gasteiger partial charge in [0.05, 0.1) is 28.4 Å². The highest BCUT2D eigenvalue weighted by Gasteiger charge is 2.24. The number of anilines is 1. The highest BCUT2D eigenvalue weighted by Crippen LogP contribution is 2.27. The Morgan fingerprint density at radius 3 is 2.36 bits per heavy atom. The topological polar surface area (TPSA) is 116 Å². The fourth-order valence-corrected chi connectivity index (χ4v) is 5.78. The lowest BCUT2D eigenvalue weighted by molar-refractivity contribution is 0.0724. The first-order valence-corrected chi connectivity index (χ1v) is 14.6. The van der Waals surface area contributed by atoms with Crippen molar-refractivity contribution >= 4 is 23.3 Å². The third-order valence-electron chi connectivity index (χ3n) is 7.96. The minimum Gasteiger partial charge on any atom is -0.490 e. The number of carbonyl (C=O) groups is 1. The van der Waals surface area contributed by atoms with Crippen molar-refractivity contribution in [2.75, 3.05) is 37.6 Å². The molecule has 8 nitrogen and oxygen atoms in total. The number of rotatable bonds is 6. The predicted octanol–water partition coefficient (Wildman–Crippen LogP) is 4.78. The number of aliphatic hydroxyl groups is 1. The molecule has 3 aliphatic rings. The molecule has 2 aliphatic heterocycles. The van der Waals surface area contributed by atoms with Gasteiger partial charge in [0.25, 0.3) is 0 Å². The van der Waals surface area contributed by atoms with Gasteiger partial charge in [-0.3, -0.25) is 4.79 Å². The molecule has 0 spiro atoms. The van der Waals surface area contributed by atoms with Crippen molar-refractivity contribution in [3.8, 4) is 11.8 Å². The molecule has 39 heavy (non-hydrogen) atoms. The molecule has 2 saturated heterocycles. The predicted molar refractivity (Wildman–Crippen MR) is 153 cm³/mol. The van der Waals surface area contributed by atoms with Gasteiger partial charge in [0.2, 0.25) is 5.91 Å². The summed E-state index contributed by atoms with van der Waals surface area (Å²) in [5.74, 6) is 1.99. The number of hydrogen-bond acceptors (Lipinski definition) is 7. The van der Waals surface area contributed by atoms with E-state index in [2.05, 4.69) is 14.8 Å². The largest absolute Gasteiger partial charge is 0.490 e. The lowest BCUT2D eigenvalue weighted by Crippen LogP contribution is -2.42. The first-order valence-electron chi connectivity index (χ1n) is 14.2. The van der Waals surface area contributed by atoms with Crippen LogP contribution in [0, 0.1) is 17.2 Å². The van der Waals surface area contributed by atoms with Gasteiger partial charge in [0.1, 0.15) is 17.6 Å². The number of primary amides is 1. The van der Waals surface area contributed by atoms with Crippen LogP contribution in [0.25, 0.3) is 0 Å². The second kappa shape index (κ2) is 14.5. The van der Waals surface area contributed by atoms with Crippen molar-refractivity contribution in [1.29, 1.82) is 5.26 Å². The van der Waals surface area contributed by atoms with Crippen LogP contribution in [0.4, 0.5) is 5.82 Å². The number of pyridine rings is 1. The summed E-state index contributed by atoms with van der Waals surface area (Å²) in [6, 6.07) is 10.9. The van der Waals surface area contributed by atoms with Gasteiger partial charge in [-0.2, -0.15) is 5.26 Å². The van der Waals surface area contributed by atoms with Crippen LogP contribution in [0.5, 0.6) is 5.75 Å². The van der Waals surface area contributed by atoms with Crippen LogP contribution < -0.4 is 15.4 Å². The Balaban J connectivity index is 0.000000193. The molecule has 1 saturated carbocycles. The third-order valence-corrected chi connectivity index (χ3v) is 8.27. The zero-order valence-corrected chi connectivity index (χ0v) is 23.4. The van der Waals surface area contributed by atoms with Crippen molar-refractivity contribution in [2.45, 2.75) is 70.0 Å². The van der Waals surface area contributed by atoms with E-state index >= 15 is 0 Å². The van der Waals surface area contributed by atoms with E-state index in [4.69, 9.17) is 27.3 Å². The summed E-state index contributed by atoms with van der Waals surface area (Å²) in [4.78, 5) is 20.2. The zero-order chi connectivity index (χ0) is 27.6. The normalized spacial score (nSPS) is 19.6. The third kappa shape index (κ3) is 8.82.